The first-order chi connectivity index (χ1) is 10.3. The number of hydrogen-bond acceptors (Lipinski definition) is 4. The topological polar surface area (TPSA) is 59.2 Å². The maximum atomic E-state index is 5.20. The van der Waals surface area contributed by atoms with Crippen molar-refractivity contribution in [3.8, 4) is 11.5 Å². The quantitative estimate of drug-likeness (QED) is 0.755. The zero-order chi connectivity index (χ0) is 14.7. The zero-order valence-corrected chi connectivity index (χ0v) is 12.0. The highest BCUT2D eigenvalue weighted by Crippen LogP contribution is 2.20. The molecule has 0 saturated carbocycles. The predicted molar refractivity (Wildman–Crippen MR) is 83.0 cm³/mol. The van der Waals surface area contributed by atoms with Gasteiger partial charge >= 0.3 is 0 Å². The summed E-state index contributed by atoms with van der Waals surface area (Å²) in [7, 11) is 3.32. The first-order valence-corrected chi connectivity index (χ1v) is 6.69. The van der Waals surface area contributed by atoms with Crippen molar-refractivity contribution in [2.24, 2.45) is 0 Å². The van der Waals surface area contributed by atoms with Crippen LogP contribution < -0.4 is 14.8 Å². The number of nitrogens with zero attached hydrogens (tertiary/aromatic N) is 1. The lowest BCUT2D eigenvalue weighted by atomic mass is 10.2. The molecule has 2 N–H and O–H groups in total. The van der Waals surface area contributed by atoms with Gasteiger partial charge in [-0.1, -0.05) is 12.1 Å². The molecular weight excluding hydrogens is 266 g/mol. The molecule has 0 amide bonds. The number of rotatable bonds is 5. The Morgan fingerprint density at radius 1 is 1.00 bits per heavy atom. The minimum absolute atomic E-state index is 0.695. The minimum atomic E-state index is 0.695. The molecule has 0 atom stereocenters. The van der Waals surface area contributed by atoms with Gasteiger partial charge in [-0.05, 0) is 29.8 Å². The van der Waals surface area contributed by atoms with E-state index in [2.05, 4.69) is 15.3 Å². The summed E-state index contributed by atoms with van der Waals surface area (Å²) in [4.78, 5) is 7.73. The summed E-state index contributed by atoms with van der Waals surface area (Å²) in [6, 6.07) is 13.7. The van der Waals surface area contributed by atoms with E-state index < -0.39 is 0 Å². The van der Waals surface area contributed by atoms with Gasteiger partial charge in [0.2, 0.25) is 5.95 Å². The maximum absolute atomic E-state index is 5.20. The van der Waals surface area contributed by atoms with Gasteiger partial charge in [0.15, 0.2) is 0 Å². The third-order valence-corrected chi connectivity index (χ3v) is 3.31. The van der Waals surface area contributed by atoms with E-state index in [-0.39, 0.29) is 0 Å². The van der Waals surface area contributed by atoms with Crippen LogP contribution in [-0.2, 0) is 6.54 Å². The number of imidazole rings is 1. The van der Waals surface area contributed by atoms with Crippen LogP contribution in [0.2, 0.25) is 0 Å². The van der Waals surface area contributed by atoms with Crippen LogP contribution in [0.4, 0.5) is 5.95 Å². The van der Waals surface area contributed by atoms with Crippen LogP contribution in [0.1, 0.15) is 5.56 Å². The normalized spacial score (nSPS) is 10.6. The molecule has 3 rings (SSSR count). The van der Waals surface area contributed by atoms with E-state index in [1.165, 1.54) is 0 Å². The van der Waals surface area contributed by atoms with Gasteiger partial charge in [-0.15, -0.1) is 0 Å². The van der Waals surface area contributed by atoms with Gasteiger partial charge in [0.25, 0.3) is 0 Å². The zero-order valence-electron chi connectivity index (χ0n) is 12.0. The second-order valence-corrected chi connectivity index (χ2v) is 4.67. The van der Waals surface area contributed by atoms with Crippen LogP contribution in [0.3, 0.4) is 0 Å². The summed E-state index contributed by atoms with van der Waals surface area (Å²) in [6.07, 6.45) is 0. The van der Waals surface area contributed by atoms with E-state index in [4.69, 9.17) is 9.47 Å². The Labute approximate surface area is 122 Å². The van der Waals surface area contributed by atoms with Crippen molar-refractivity contribution in [2.75, 3.05) is 19.5 Å². The molecule has 5 nitrogen and oxygen atoms in total. The molecule has 21 heavy (non-hydrogen) atoms. The highest BCUT2D eigenvalue weighted by molar-refractivity contribution is 5.79. The molecule has 108 valence electrons. The Morgan fingerprint density at radius 3 is 2.43 bits per heavy atom. The molecule has 0 bridgehead atoms. The number of fused-ring (bicyclic) bond motifs is 1. The highest BCUT2D eigenvalue weighted by atomic mass is 16.5. The summed E-state index contributed by atoms with van der Waals surface area (Å²) in [5.74, 6) is 2.41. The second-order valence-electron chi connectivity index (χ2n) is 4.67. The van der Waals surface area contributed by atoms with E-state index >= 15 is 0 Å². The molecule has 0 unspecified atom stereocenters. The third kappa shape index (κ3) is 2.91. The van der Waals surface area contributed by atoms with Gasteiger partial charge in [-0.25, -0.2) is 4.98 Å². The standard InChI is InChI=1S/C16H17N3O2/c1-20-12-5-3-11(4-6-12)10-17-16-18-14-8-7-13(21-2)9-15(14)19-16/h3-9H,10H2,1-2H3,(H2,17,18,19). The minimum Gasteiger partial charge on any atom is -0.497 e. The monoisotopic (exact) mass is 283 g/mol. The Balaban J connectivity index is 1.72. The summed E-state index contributed by atoms with van der Waals surface area (Å²) < 4.78 is 10.3. The molecular formula is C16H17N3O2. The number of anilines is 1. The lowest BCUT2D eigenvalue weighted by Gasteiger charge is -2.04. The number of H-pyrrole nitrogens is 1. The molecule has 2 aromatic carbocycles. The SMILES string of the molecule is COc1ccc(CNc2nc3ccc(OC)cc3[nH]2)cc1. The van der Waals surface area contributed by atoms with Crippen molar-refractivity contribution in [1.82, 2.24) is 9.97 Å². The molecule has 5 heteroatoms. The van der Waals surface area contributed by atoms with Crippen LogP contribution in [0.5, 0.6) is 11.5 Å². The van der Waals surface area contributed by atoms with Crippen LogP contribution in [0, 0.1) is 0 Å². The van der Waals surface area contributed by atoms with Gasteiger partial charge in [-0.2, -0.15) is 0 Å². The number of aromatic amines is 1. The lowest BCUT2D eigenvalue weighted by molar-refractivity contribution is 0.414. The van der Waals surface area contributed by atoms with Crippen LogP contribution in [0.25, 0.3) is 11.0 Å². The van der Waals surface area contributed by atoms with Gasteiger partial charge < -0.3 is 19.8 Å². The Bertz CT molecular complexity index is 735. The van der Waals surface area contributed by atoms with E-state index in [9.17, 15) is 0 Å². The Hall–Kier alpha value is -2.69. The average molecular weight is 283 g/mol. The fraction of sp³-hybridized carbons (Fsp3) is 0.188. The highest BCUT2D eigenvalue weighted by Gasteiger charge is 2.04. The fourth-order valence-corrected chi connectivity index (χ4v) is 2.13. The first-order valence-electron chi connectivity index (χ1n) is 6.69. The van der Waals surface area contributed by atoms with Crippen molar-refractivity contribution in [1.29, 1.82) is 0 Å². The number of benzene rings is 2. The molecule has 0 spiro atoms. The smallest absolute Gasteiger partial charge is 0.201 e. The van der Waals surface area contributed by atoms with E-state index in [0.29, 0.717) is 6.54 Å². The number of methoxy groups -OCH3 is 2. The van der Waals surface area contributed by atoms with Gasteiger partial charge in [0, 0.05) is 12.6 Å². The largest absolute Gasteiger partial charge is 0.497 e. The van der Waals surface area contributed by atoms with Crippen molar-refractivity contribution in [3.63, 3.8) is 0 Å². The molecule has 0 fully saturated rings. The summed E-state index contributed by atoms with van der Waals surface area (Å²) in [5, 5.41) is 3.28. The van der Waals surface area contributed by atoms with E-state index in [0.717, 1.165) is 34.0 Å². The average Bonchev–Trinajstić information content (AvgIpc) is 2.95. The maximum Gasteiger partial charge on any atom is 0.201 e. The van der Waals surface area contributed by atoms with Gasteiger partial charge in [0.1, 0.15) is 11.5 Å². The van der Waals surface area contributed by atoms with Crippen LogP contribution in [0.15, 0.2) is 42.5 Å². The van der Waals surface area contributed by atoms with Crippen molar-refractivity contribution in [3.05, 3.63) is 48.0 Å². The second kappa shape index (κ2) is 5.75. The lowest BCUT2D eigenvalue weighted by Crippen LogP contribution is -2.00. The molecule has 3 aromatic rings. The molecule has 0 aliphatic rings. The van der Waals surface area contributed by atoms with E-state index in [1.54, 1.807) is 14.2 Å². The Kier molecular flexibility index (Phi) is 3.64. The van der Waals surface area contributed by atoms with Gasteiger partial charge in [-0.3, -0.25) is 0 Å². The molecule has 0 aliphatic carbocycles. The summed E-state index contributed by atoms with van der Waals surface area (Å²) in [6.45, 7) is 0.695. The molecule has 0 aliphatic heterocycles. The molecule has 1 heterocycles. The van der Waals surface area contributed by atoms with E-state index in [1.807, 2.05) is 42.5 Å². The number of hydrogen-bond donors (Lipinski definition) is 2. The van der Waals surface area contributed by atoms with Crippen molar-refractivity contribution >= 4 is 17.0 Å². The first kappa shape index (κ1) is 13.3. The van der Waals surface area contributed by atoms with Crippen molar-refractivity contribution in [2.45, 2.75) is 6.54 Å². The Morgan fingerprint density at radius 2 is 1.71 bits per heavy atom. The third-order valence-electron chi connectivity index (χ3n) is 3.31. The molecule has 1 aromatic heterocycles. The fourth-order valence-electron chi connectivity index (χ4n) is 2.13. The van der Waals surface area contributed by atoms with Crippen molar-refractivity contribution < 1.29 is 9.47 Å². The molecule has 0 radical (unpaired) electrons. The predicted octanol–water partition coefficient (Wildman–Crippen LogP) is 3.19. The molecule has 0 saturated heterocycles. The summed E-state index contributed by atoms with van der Waals surface area (Å²) >= 11 is 0. The number of aromatic nitrogens is 2. The van der Waals surface area contributed by atoms with Crippen LogP contribution >= 0.6 is 0 Å². The summed E-state index contributed by atoms with van der Waals surface area (Å²) in [5.41, 5.74) is 3.02. The number of nitrogens with one attached hydrogen (secondary N) is 2. The number of ether oxygens (including phenoxy) is 2. The van der Waals surface area contributed by atoms with Gasteiger partial charge in [0.05, 0.1) is 25.3 Å². The van der Waals surface area contributed by atoms with Crippen LogP contribution in [-0.4, -0.2) is 24.2 Å².